The van der Waals surface area contributed by atoms with Crippen molar-refractivity contribution in [2.75, 3.05) is 25.5 Å². The quantitative estimate of drug-likeness (QED) is 0.664. The van der Waals surface area contributed by atoms with Gasteiger partial charge in [0.05, 0.1) is 24.9 Å². The molecule has 1 atom stereocenters. The molecule has 0 aliphatic carbocycles. The third-order valence-corrected chi connectivity index (χ3v) is 4.83. The summed E-state index contributed by atoms with van der Waals surface area (Å²) in [7, 11) is 1.58. The predicted octanol–water partition coefficient (Wildman–Crippen LogP) is 3.10. The van der Waals surface area contributed by atoms with Gasteiger partial charge in [-0.2, -0.15) is 0 Å². The van der Waals surface area contributed by atoms with Crippen molar-refractivity contribution in [3.8, 4) is 0 Å². The van der Waals surface area contributed by atoms with Crippen molar-refractivity contribution in [1.82, 2.24) is 4.90 Å². The summed E-state index contributed by atoms with van der Waals surface area (Å²) in [5, 5.41) is 21.2. The summed E-state index contributed by atoms with van der Waals surface area (Å²) >= 11 is 1.66. The van der Waals surface area contributed by atoms with Crippen LogP contribution in [0.5, 0.6) is 0 Å². The molecule has 2 amide bonds. The molecule has 0 aliphatic rings. The van der Waals surface area contributed by atoms with Crippen LogP contribution >= 0.6 is 11.8 Å². The molecule has 2 aromatic carbocycles. The molecule has 2 rings (SSSR count). The van der Waals surface area contributed by atoms with Crippen LogP contribution in [0.2, 0.25) is 0 Å². The molecule has 0 radical (unpaired) electrons. The molecule has 0 fully saturated rings. The number of carbonyl (C=O) groups is 1. The fourth-order valence-corrected chi connectivity index (χ4v) is 3.17. The zero-order chi connectivity index (χ0) is 18.2. The third kappa shape index (κ3) is 6.08. The molecule has 5 nitrogen and oxygen atoms in total. The molecular formula is C19H24N2O3S. The van der Waals surface area contributed by atoms with E-state index in [2.05, 4.69) is 36.5 Å². The molecule has 0 saturated heterocycles. The Morgan fingerprint density at radius 2 is 1.88 bits per heavy atom. The Kier molecular flexibility index (Phi) is 7.31. The highest BCUT2D eigenvalue weighted by Gasteiger charge is 2.14. The molecule has 2 aromatic rings. The Labute approximate surface area is 152 Å². The van der Waals surface area contributed by atoms with Crippen LogP contribution in [-0.4, -0.2) is 47.4 Å². The number of likely N-dealkylation sites (N-methyl/N-ethyl adjacent to an activating group) is 1. The number of nitrogens with zero attached hydrogens (tertiary/aromatic N) is 1. The SMILES string of the molecule is Cc1ccc(CSc2ccccc2NC(=O)N(C)CC(O)CO)cc1. The van der Waals surface area contributed by atoms with E-state index in [1.165, 1.54) is 16.0 Å². The van der Waals surface area contributed by atoms with Gasteiger partial charge in [0.25, 0.3) is 0 Å². The number of urea groups is 1. The Morgan fingerprint density at radius 3 is 2.56 bits per heavy atom. The zero-order valence-corrected chi connectivity index (χ0v) is 15.3. The van der Waals surface area contributed by atoms with Crippen molar-refractivity contribution in [3.05, 3.63) is 59.7 Å². The van der Waals surface area contributed by atoms with Crippen LogP contribution < -0.4 is 5.32 Å². The Bertz CT molecular complexity index is 691. The second kappa shape index (κ2) is 9.46. The van der Waals surface area contributed by atoms with E-state index in [-0.39, 0.29) is 19.2 Å². The van der Waals surface area contributed by atoms with E-state index in [4.69, 9.17) is 5.11 Å². The van der Waals surface area contributed by atoms with Crippen molar-refractivity contribution >= 4 is 23.5 Å². The van der Waals surface area contributed by atoms with Crippen molar-refractivity contribution < 1.29 is 15.0 Å². The lowest BCUT2D eigenvalue weighted by Crippen LogP contribution is -2.38. The maximum atomic E-state index is 12.2. The van der Waals surface area contributed by atoms with E-state index in [1.807, 2.05) is 24.3 Å². The number of hydrogen-bond acceptors (Lipinski definition) is 4. The monoisotopic (exact) mass is 360 g/mol. The molecule has 0 bridgehead atoms. The minimum atomic E-state index is -0.943. The number of hydrogen-bond donors (Lipinski definition) is 3. The molecule has 0 aliphatic heterocycles. The average Bonchev–Trinajstić information content (AvgIpc) is 2.62. The lowest BCUT2D eigenvalue weighted by atomic mass is 10.2. The number of benzene rings is 2. The van der Waals surface area contributed by atoms with Crippen LogP contribution in [0.1, 0.15) is 11.1 Å². The minimum Gasteiger partial charge on any atom is -0.394 e. The highest BCUT2D eigenvalue weighted by molar-refractivity contribution is 7.98. The lowest BCUT2D eigenvalue weighted by Gasteiger charge is -2.21. The minimum absolute atomic E-state index is 0.0704. The molecule has 0 heterocycles. The molecule has 0 aromatic heterocycles. The first kappa shape index (κ1) is 19.3. The van der Waals surface area contributed by atoms with E-state index in [9.17, 15) is 9.90 Å². The maximum absolute atomic E-state index is 12.2. The van der Waals surface area contributed by atoms with Crippen LogP contribution in [0.25, 0.3) is 0 Å². The topological polar surface area (TPSA) is 72.8 Å². The zero-order valence-electron chi connectivity index (χ0n) is 14.5. The van der Waals surface area contributed by atoms with Gasteiger partial charge in [0.1, 0.15) is 0 Å². The summed E-state index contributed by atoms with van der Waals surface area (Å²) in [4.78, 5) is 14.6. The molecular weight excluding hydrogens is 336 g/mol. The van der Waals surface area contributed by atoms with Gasteiger partial charge in [-0.1, -0.05) is 42.0 Å². The first-order valence-electron chi connectivity index (χ1n) is 8.08. The summed E-state index contributed by atoms with van der Waals surface area (Å²) in [5.74, 6) is 0.812. The molecule has 134 valence electrons. The van der Waals surface area contributed by atoms with Gasteiger partial charge >= 0.3 is 6.03 Å². The number of aliphatic hydroxyl groups is 2. The van der Waals surface area contributed by atoms with Crippen molar-refractivity contribution in [3.63, 3.8) is 0 Å². The van der Waals surface area contributed by atoms with Gasteiger partial charge in [-0.25, -0.2) is 4.79 Å². The normalized spacial score (nSPS) is 11.8. The summed E-state index contributed by atoms with van der Waals surface area (Å²) in [6.45, 7) is 1.76. The number of para-hydroxylation sites is 1. The molecule has 0 saturated carbocycles. The van der Waals surface area contributed by atoms with Gasteiger partial charge in [-0.05, 0) is 24.6 Å². The van der Waals surface area contributed by atoms with Crippen LogP contribution in [0, 0.1) is 6.92 Å². The maximum Gasteiger partial charge on any atom is 0.321 e. The smallest absolute Gasteiger partial charge is 0.321 e. The van der Waals surface area contributed by atoms with Gasteiger partial charge in [0, 0.05) is 17.7 Å². The number of amides is 2. The van der Waals surface area contributed by atoms with E-state index in [0.717, 1.165) is 16.3 Å². The van der Waals surface area contributed by atoms with Crippen molar-refractivity contribution in [2.45, 2.75) is 23.7 Å². The molecule has 25 heavy (non-hydrogen) atoms. The van der Waals surface area contributed by atoms with E-state index >= 15 is 0 Å². The van der Waals surface area contributed by atoms with E-state index < -0.39 is 6.10 Å². The Balaban J connectivity index is 1.99. The standard InChI is InChI=1S/C19H24N2O3S/c1-14-7-9-15(10-8-14)13-25-18-6-4-3-5-17(18)20-19(24)21(2)11-16(23)12-22/h3-10,16,22-23H,11-13H2,1-2H3,(H,20,24). The van der Waals surface area contributed by atoms with Gasteiger partial charge in [-0.15, -0.1) is 11.8 Å². The Hall–Kier alpha value is -2.02. The van der Waals surface area contributed by atoms with Gasteiger partial charge in [0.2, 0.25) is 0 Å². The first-order valence-corrected chi connectivity index (χ1v) is 9.06. The number of thioether (sulfide) groups is 1. The van der Waals surface area contributed by atoms with Gasteiger partial charge in [0.15, 0.2) is 0 Å². The van der Waals surface area contributed by atoms with Crippen molar-refractivity contribution in [2.24, 2.45) is 0 Å². The lowest BCUT2D eigenvalue weighted by molar-refractivity contribution is 0.0750. The fourth-order valence-electron chi connectivity index (χ4n) is 2.21. The van der Waals surface area contributed by atoms with Gasteiger partial charge < -0.3 is 20.4 Å². The molecule has 1 unspecified atom stereocenters. The highest BCUT2D eigenvalue weighted by Crippen LogP contribution is 2.30. The Morgan fingerprint density at radius 1 is 1.20 bits per heavy atom. The average molecular weight is 360 g/mol. The second-order valence-electron chi connectivity index (χ2n) is 5.92. The third-order valence-electron chi connectivity index (χ3n) is 3.69. The molecule has 6 heteroatoms. The van der Waals surface area contributed by atoms with Gasteiger partial charge in [-0.3, -0.25) is 0 Å². The number of nitrogens with one attached hydrogen (secondary N) is 1. The predicted molar refractivity (Wildman–Crippen MR) is 102 cm³/mol. The first-order chi connectivity index (χ1) is 12.0. The number of aliphatic hydroxyl groups excluding tert-OH is 2. The number of anilines is 1. The highest BCUT2D eigenvalue weighted by atomic mass is 32.2. The van der Waals surface area contributed by atoms with E-state index in [0.29, 0.717) is 0 Å². The van der Waals surface area contributed by atoms with E-state index in [1.54, 1.807) is 18.8 Å². The van der Waals surface area contributed by atoms with Crippen LogP contribution in [-0.2, 0) is 5.75 Å². The van der Waals surface area contributed by atoms with Crippen LogP contribution in [0.3, 0.4) is 0 Å². The largest absolute Gasteiger partial charge is 0.394 e. The molecule has 0 spiro atoms. The second-order valence-corrected chi connectivity index (χ2v) is 6.93. The summed E-state index contributed by atoms with van der Waals surface area (Å²) in [5.41, 5.74) is 3.18. The number of aryl methyl sites for hydroxylation is 1. The summed E-state index contributed by atoms with van der Waals surface area (Å²) < 4.78 is 0. The van der Waals surface area contributed by atoms with Crippen molar-refractivity contribution in [1.29, 1.82) is 0 Å². The van der Waals surface area contributed by atoms with Crippen LogP contribution in [0.15, 0.2) is 53.4 Å². The fraction of sp³-hybridized carbons (Fsp3) is 0.316. The molecule has 3 N–H and O–H groups in total. The van der Waals surface area contributed by atoms with Crippen LogP contribution in [0.4, 0.5) is 10.5 Å². The summed E-state index contributed by atoms with van der Waals surface area (Å²) in [6, 6.07) is 15.7. The number of rotatable bonds is 7. The number of carbonyl (C=O) groups excluding carboxylic acids is 1. The summed E-state index contributed by atoms with van der Waals surface area (Å²) in [6.07, 6.45) is -0.943.